The molecular weight excluding hydrogens is 739 g/mol. The molecule has 0 saturated carbocycles. The highest BCUT2D eigenvalue weighted by molar-refractivity contribution is 14.1. The molecule has 5 atom stereocenters. The van der Waals surface area contributed by atoms with E-state index in [4.69, 9.17) is 28.4 Å². The number of rotatable bonds is 15. The molecule has 0 spiro atoms. The Morgan fingerprint density at radius 3 is 2.09 bits per heavy atom. The number of ether oxygens (including phenoxy) is 6. The Labute approximate surface area is 291 Å². The van der Waals surface area contributed by atoms with Gasteiger partial charge in [-0.05, 0) is 77.2 Å². The topological polar surface area (TPSA) is 124 Å². The second-order valence-corrected chi connectivity index (χ2v) is 13.1. The summed E-state index contributed by atoms with van der Waals surface area (Å²) in [5.41, 5.74) is 0.647. The van der Waals surface area contributed by atoms with E-state index in [0.29, 0.717) is 22.6 Å². The van der Waals surface area contributed by atoms with Crippen LogP contribution in [0.15, 0.2) is 78.9 Å². The first-order valence-electron chi connectivity index (χ1n) is 15.1. The van der Waals surface area contributed by atoms with Gasteiger partial charge in [-0.25, -0.2) is 9.59 Å². The standard InChI is InChI=1S/C35H37IO10S/c1-4-47-35-32(46-34(40)25-13-9-6-10-14-25)31(45-29(38)18-15-22(2)37)30(42-20-23-16-17-27(41-3)26(36)19-23)28(44-35)21-43-33(39)24-11-7-5-8-12-24/h5-14,16-17,19,28,30-32,35H,4,15,18,20-21H2,1-3H3/t28-,30+,31+,32-,35+/m1/s1. The predicted octanol–water partition coefficient (Wildman–Crippen LogP) is 6.03. The number of ketones is 1. The predicted molar refractivity (Wildman–Crippen MR) is 183 cm³/mol. The maximum Gasteiger partial charge on any atom is 0.338 e. The number of Topliss-reactive ketones (excluding diaryl/α,β-unsaturated/α-hetero) is 1. The molecule has 1 heterocycles. The van der Waals surface area contributed by atoms with Crippen molar-refractivity contribution < 1.29 is 47.6 Å². The molecule has 3 aromatic rings. The summed E-state index contributed by atoms with van der Waals surface area (Å²) in [6, 6.07) is 22.5. The Morgan fingerprint density at radius 1 is 0.830 bits per heavy atom. The molecule has 0 N–H and O–H groups in total. The molecule has 10 nitrogen and oxygen atoms in total. The SMILES string of the molecule is CCS[C@@H]1O[C@H](COC(=O)c2ccccc2)[C@H](OCc2ccc(OC)c(I)c2)[C@H](OC(=O)CCC(C)=O)[C@H]1OC(=O)c1ccccc1. The smallest absolute Gasteiger partial charge is 0.338 e. The van der Waals surface area contributed by atoms with Crippen molar-refractivity contribution in [2.75, 3.05) is 19.5 Å². The number of esters is 3. The fourth-order valence-electron chi connectivity index (χ4n) is 4.83. The first-order chi connectivity index (χ1) is 22.7. The van der Waals surface area contributed by atoms with Gasteiger partial charge in [0.15, 0.2) is 12.2 Å². The van der Waals surface area contributed by atoms with Crippen LogP contribution >= 0.6 is 34.4 Å². The number of benzene rings is 3. The largest absolute Gasteiger partial charge is 0.496 e. The van der Waals surface area contributed by atoms with Crippen molar-refractivity contribution >= 4 is 58.0 Å². The zero-order valence-corrected chi connectivity index (χ0v) is 29.3. The van der Waals surface area contributed by atoms with Gasteiger partial charge >= 0.3 is 17.9 Å². The van der Waals surface area contributed by atoms with E-state index < -0.39 is 47.8 Å². The molecule has 12 heteroatoms. The van der Waals surface area contributed by atoms with E-state index in [9.17, 15) is 19.2 Å². The molecule has 0 radical (unpaired) electrons. The fraction of sp³-hybridized carbons (Fsp3) is 0.371. The highest BCUT2D eigenvalue weighted by Gasteiger charge is 2.51. The van der Waals surface area contributed by atoms with Crippen LogP contribution in [0.1, 0.15) is 53.0 Å². The number of carbonyl (C=O) groups excluding carboxylic acids is 4. The van der Waals surface area contributed by atoms with E-state index in [1.807, 2.05) is 25.1 Å². The van der Waals surface area contributed by atoms with Crippen molar-refractivity contribution in [1.29, 1.82) is 0 Å². The zero-order chi connectivity index (χ0) is 33.8. The number of methoxy groups -OCH3 is 1. The van der Waals surface area contributed by atoms with Gasteiger partial charge in [0, 0.05) is 6.42 Å². The number of hydrogen-bond acceptors (Lipinski definition) is 11. The summed E-state index contributed by atoms with van der Waals surface area (Å²) in [5, 5.41) is 0. The van der Waals surface area contributed by atoms with Crippen molar-refractivity contribution in [3.63, 3.8) is 0 Å². The molecule has 47 heavy (non-hydrogen) atoms. The number of hydrogen-bond donors (Lipinski definition) is 0. The average molecular weight is 777 g/mol. The third-order valence-corrected chi connectivity index (χ3v) is 9.05. The second kappa shape index (κ2) is 18.2. The molecule has 0 aliphatic carbocycles. The van der Waals surface area contributed by atoms with Gasteiger partial charge in [-0.3, -0.25) is 4.79 Å². The van der Waals surface area contributed by atoms with Crippen molar-refractivity contribution in [1.82, 2.24) is 0 Å². The molecule has 0 aromatic heterocycles. The van der Waals surface area contributed by atoms with Gasteiger partial charge in [0.2, 0.25) is 0 Å². The Balaban J connectivity index is 1.69. The molecule has 0 unspecified atom stereocenters. The van der Waals surface area contributed by atoms with Crippen LogP contribution in [0.5, 0.6) is 5.75 Å². The first kappa shape index (κ1) is 36.4. The van der Waals surface area contributed by atoms with E-state index in [-0.39, 0.29) is 31.8 Å². The maximum absolute atomic E-state index is 13.4. The average Bonchev–Trinajstić information content (AvgIpc) is 3.08. The Hall–Kier alpha value is -3.46. The zero-order valence-electron chi connectivity index (χ0n) is 26.3. The number of carbonyl (C=O) groups is 4. The van der Waals surface area contributed by atoms with Crippen molar-refractivity contribution in [3.8, 4) is 5.75 Å². The van der Waals surface area contributed by atoms with Gasteiger partial charge in [0.1, 0.15) is 35.8 Å². The van der Waals surface area contributed by atoms with E-state index in [2.05, 4.69) is 22.6 Å². The first-order valence-corrected chi connectivity index (χ1v) is 17.2. The van der Waals surface area contributed by atoms with Gasteiger partial charge in [0.05, 0.1) is 34.8 Å². The van der Waals surface area contributed by atoms with Crippen LogP contribution < -0.4 is 4.74 Å². The third-order valence-electron chi connectivity index (χ3n) is 7.17. The van der Waals surface area contributed by atoms with Crippen LogP contribution in [0.2, 0.25) is 0 Å². The number of halogens is 1. The van der Waals surface area contributed by atoms with E-state index in [1.54, 1.807) is 67.8 Å². The lowest BCUT2D eigenvalue weighted by atomic mass is 9.98. The summed E-state index contributed by atoms with van der Waals surface area (Å²) in [6.07, 6.45) is -4.41. The molecule has 0 bridgehead atoms. The Kier molecular flexibility index (Phi) is 14.1. The molecule has 1 saturated heterocycles. The molecule has 4 rings (SSSR count). The van der Waals surface area contributed by atoms with Crippen LogP contribution in [-0.4, -0.2) is 73.0 Å². The van der Waals surface area contributed by atoms with Crippen molar-refractivity contribution in [3.05, 3.63) is 99.1 Å². The summed E-state index contributed by atoms with van der Waals surface area (Å²) in [5.74, 6) is -0.769. The molecule has 0 amide bonds. The van der Waals surface area contributed by atoms with Crippen LogP contribution in [-0.2, 0) is 39.9 Å². The summed E-state index contributed by atoms with van der Waals surface area (Å²) in [7, 11) is 1.58. The van der Waals surface area contributed by atoms with E-state index >= 15 is 0 Å². The van der Waals surface area contributed by atoms with Crippen LogP contribution in [0, 0.1) is 3.57 Å². The van der Waals surface area contributed by atoms with Crippen LogP contribution in [0.25, 0.3) is 0 Å². The highest BCUT2D eigenvalue weighted by atomic mass is 127. The van der Waals surface area contributed by atoms with Gasteiger partial charge in [-0.2, -0.15) is 0 Å². The Morgan fingerprint density at radius 2 is 1.49 bits per heavy atom. The Bertz CT molecular complexity index is 1500. The normalized spacial score (nSPS) is 20.6. The monoisotopic (exact) mass is 776 g/mol. The quantitative estimate of drug-likeness (QED) is 0.102. The van der Waals surface area contributed by atoms with E-state index in [1.165, 1.54) is 18.7 Å². The minimum absolute atomic E-state index is 0.0163. The van der Waals surface area contributed by atoms with Gasteiger partial charge in [-0.1, -0.05) is 49.4 Å². The molecular formula is C35H37IO10S. The van der Waals surface area contributed by atoms with Crippen molar-refractivity contribution in [2.24, 2.45) is 0 Å². The van der Waals surface area contributed by atoms with Crippen molar-refractivity contribution in [2.45, 2.75) is 63.1 Å². The minimum Gasteiger partial charge on any atom is -0.496 e. The second-order valence-electron chi connectivity index (χ2n) is 10.6. The number of thioether (sulfide) groups is 1. The molecule has 3 aromatic carbocycles. The summed E-state index contributed by atoms with van der Waals surface area (Å²) >= 11 is 3.51. The molecule has 1 fully saturated rings. The molecule has 1 aliphatic heterocycles. The maximum atomic E-state index is 13.4. The van der Waals surface area contributed by atoms with Gasteiger partial charge < -0.3 is 33.2 Å². The van der Waals surface area contributed by atoms with E-state index in [0.717, 1.165) is 9.13 Å². The summed E-state index contributed by atoms with van der Waals surface area (Å²) < 4.78 is 36.8. The highest BCUT2D eigenvalue weighted by Crippen LogP contribution is 2.35. The lowest BCUT2D eigenvalue weighted by Crippen LogP contribution is -2.61. The molecule has 1 aliphatic rings. The van der Waals surface area contributed by atoms with Crippen LogP contribution in [0.4, 0.5) is 0 Å². The third kappa shape index (κ3) is 10.5. The van der Waals surface area contributed by atoms with Crippen LogP contribution in [0.3, 0.4) is 0 Å². The lowest BCUT2D eigenvalue weighted by Gasteiger charge is -2.45. The summed E-state index contributed by atoms with van der Waals surface area (Å²) in [4.78, 5) is 51.1. The fourth-order valence-corrected chi connectivity index (χ4v) is 6.58. The minimum atomic E-state index is -1.17. The molecule has 250 valence electrons. The summed E-state index contributed by atoms with van der Waals surface area (Å²) in [6.45, 7) is 3.12. The van der Waals surface area contributed by atoms with Gasteiger partial charge in [-0.15, -0.1) is 11.8 Å². The van der Waals surface area contributed by atoms with Gasteiger partial charge in [0.25, 0.3) is 0 Å². The lowest BCUT2D eigenvalue weighted by molar-refractivity contribution is -0.234.